The van der Waals surface area contributed by atoms with Gasteiger partial charge in [0.1, 0.15) is 5.03 Å². The Morgan fingerprint density at radius 2 is 2.07 bits per heavy atom. The highest BCUT2D eigenvalue weighted by Crippen LogP contribution is 2.69. The summed E-state index contributed by atoms with van der Waals surface area (Å²) in [5.74, 6) is -4.99. The second kappa shape index (κ2) is 8.81. The van der Waals surface area contributed by atoms with Gasteiger partial charge in [0.05, 0.1) is 7.11 Å². The first-order valence-electron chi connectivity index (χ1n) is 9.21. The van der Waals surface area contributed by atoms with Gasteiger partial charge in [0.25, 0.3) is 5.92 Å². The number of anilines is 1. The highest BCUT2D eigenvalue weighted by atomic mass is 32.2. The molecular formula is C20H21F4N3O2S. The third-order valence-electron chi connectivity index (χ3n) is 5.45. The zero-order valence-corrected chi connectivity index (χ0v) is 16.9. The first-order chi connectivity index (χ1) is 14.2. The summed E-state index contributed by atoms with van der Waals surface area (Å²) in [7, 11) is 1.29. The van der Waals surface area contributed by atoms with E-state index in [2.05, 4.69) is 15.0 Å². The van der Waals surface area contributed by atoms with Gasteiger partial charge in [-0.3, -0.25) is 9.93 Å². The third kappa shape index (κ3) is 4.70. The molecule has 5 nitrogen and oxygen atoms in total. The number of ether oxygens (including phenoxy) is 1. The highest BCUT2D eigenvalue weighted by Gasteiger charge is 2.72. The Morgan fingerprint density at radius 1 is 1.33 bits per heavy atom. The average Bonchev–Trinajstić information content (AvgIpc) is 3.03. The fourth-order valence-electron chi connectivity index (χ4n) is 3.66. The summed E-state index contributed by atoms with van der Waals surface area (Å²) in [4.78, 5) is 16.1. The number of hydrogen-bond acceptors (Lipinski definition) is 5. The normalized spacial score (nSPS) is 23.5. The fourth-order valence-corrected chi connectivity index (χ4v) is 3.98. The molecule has 10 heteroatoms. The maximum atomic E-state index is 13.3. The quantitative estimate of drug-likeness (QED) is 0.525. The molecule has 2 aromatic rings. The summed E-state index contributed by atoms with van der Waals surface area (Å²) < 4.78 is 55.9. The zero-order valence-electron chi connectivity index (χ0n) is 16.1. The van der Waals surface area contributed by atoms with Gasteiger partial charge in [-0.2, -0.15) is 4.39 Å². The highest BCUT2D eigenvalue weighted by molar-refractivity contribution is 7.97. The number of hydrogen-bond donors (Lipinski definition) is 2. The van der Waals surface area contributed by atoms with Crippen LogP contribution in [-0.2, 0) is 4.79 Å². The Hall–Kier alpha value is -2.33. The number of nitrogens with two attached hydrogens (primary N) is 1. The monoisotopic (exact) mass is 443 g/mol. The van der Waals surface area contributed by atoms with Crippen LogP contribution in [0, 0.1) is 23.0 Å². The smallest absolute Gasteiger partial charge is 0.254 e. The average molecular weight is 443 g/mol. The van der Waals surface area contributed by atoms with E-state index in [4.69, 9.17) is 5.14 Å². The van der Waals surface area contributed by atoms with Crippen molar-refractivity contribution in [1.82, 2.24) is 4.98 Å². The molecule has 4 rings (SSSR count). The number of rotatable bonds is 4. The van der Waals surface area contributed by atoms with Crippen LogP contribution >= 0.6 is 11.9 Å². The first-order valence-corrected chi connectivity index (χ1v) is 10.1. The van der Waals surface area contributed by atoms with Crippen molar-refractivity contribution in [1.29, 1.82) is 0 Å². The van der Waals surface area contributed by atoms with Crippen LogP contribution < -0.4 is 15.2 Å². The van der Waals surface area contributed by atoms with E-state index in [-0.39, 0.29) is 30.4 Å². The number of alkyl halides is 2. The molecule has 2 saturated carbocycles. The lowest BCUT2D eigenvalue weighted by molar-refractivity contribution is -0.119. The fraction of sp³-hybridized carbons (Fsp3) is 0.400. The number of halogens is 4. The standard InChI is InChI=1S/C13H15F2N3OS.C7H6F2O/c14-13(15)7-12(13)3-1-8(6-12)11(19)18-9-2-4-17-10(5-9)20-16;1-10-6-4-2-3-5(8)7(6)9/h2,4-5,8H,1,3,6-7,16H2,(H,17,18,19);2-4H,1H3/t8?,12-;/m1./s1. The van der Waals surface area contributed by atoms with Crippen molar-refractivity contribution in [3.05, 3.63) is 48.2 Å². The number of nitrogens with one attached hydrogen (secondary N) is 1. The topological polar surface area (TPSA) is 77.2 Å². The Kier molecular flexibility index (Phi) is 6.56. The molecular weight excluding hydrogens is 422 g/mol. The minimum atomic E-state index is -2.57. The molecule has 2 atom stereocenters. The van der Waals surface area contributed by atoms with Gasteiger partial charge in [-0.05, 0) is 55.5 Å². The summed E-state index contributed by atoms with van der Waals surface area (Å²) in [6.07, 6.45) is 2.75. The van der Waals surface area contributed by atoms with Crippen LogP contribution in [0.15, 0.2) is 41.6 Å². The molecule has 162 valence electrons. The molecule has 2 fully saturated rings. The van der Waals surface area contributed by atoms with Crippen LogP contribution in [-0.4, -0.2) is 23.9 Å². The minimum absolute atomic E-state index is 0.0625. The number of pyridine rings is 1. The van der Waals surface area contributed by atoms with Crippen molar-refractivity contribution in [2.24, 2.45) is 16.5 Å². The number of carbonyl (C=O) groups is 1. The van der Waals surface area contributed by atoms with Gasteiger partial charge in [-0.1, -0.05) is 6.07 Å². The number of amides is 1. The van der Waals surface area contributed by atoms with Crippen LogP contribution in [0.1, 0.15) is 25.7 Å². The molecule has 0 radical (unpaired) electrons. The maximum Gasteiger partial charge on any atom is 0.254 e. The van der Waals surface area contributed by atoms with Crippen molar-refractivity contribution >= 4 is 23.5 Å². The zero-order chi connectivity index (χ0) is 21.9. The summed E-state index contributed by atoms with van der Waals surface area (Å²) >= 11 is 0.990. The molecule has 0 aliphatic heterocycles. The lowest BCUT2D eigenvalue weighted by Crippen LogP contribution is -2.21. The van der Waals surface area contributed by atoms with Crippen LogP contribution in [0.2, 0.25) is 0 Å². The van der Waals surface area contributed by atoms with E-state index in [1.807, 2.05) is 0 Å². The van der Waals surface area contributed by atoms with Crippen molar-refractivity contribution in [3.8, 4) is 5.75 Å². The molecule has 0 bridgehead atoms. The van der Waals surface area contributed by atoms with Gasteiger partial charge in [0.15, 0.2) is 11.6 Å². The third-order valence-corrected chi connectivity index (χ3v) is 5.91. The van der Waals surface area contributed by atoms with E-state index in [0.29, 0.717) is 23.6 Å². The summed E-state index contributed by atoms with van der Waals surface area (Å²) in [6, 6.07) is 7.11. The number of aromatic nitrogens is 1. The molecule has 2 aliphatic carbocycles. The summed E-state index contributed by atoms with van der Waals surface area (Å²) in [6.45, 7) is 0. The predicted molar refractivity (Wildman–Crippen MR) is 105 cm³/mol. The largest absolute Gasteiger partial charge is 0.494 e. The molecule has 1 aromatic carbocycles. The summed E-state index contributed by atoms with van der Waals surface area (Å²) in [5, 5.41) is 8.76. The molecule has 1 amide bonds. The second-order valence-electron chi connectivity index (χ2n) is 7.35. The van der Waals surface area contributed by atoms with Crippen LogP contribution in [0.3, 0.4) is 0 Å². The summed E-state index contributed by atoms with van der Waals surface area (Å²) in [5.41, 5.74) is -0.299. The van der Waals surface area contributed by atoms with Gasteiger partial charge < -0.3 is 10.1 Å². The van der Waals surface area contributed by atoms with E-state index < -0.39 is 23.0 Å². The Morgan fingerprint density at radius 3 is 2.63 bits per heavy atom. The van der Waals surface area contributed by atoms with Gasteiger partial charge in [-0.25, -0.2) is 18.2 Å². The van der Waals surface area contributed by atoms with Gasteiger partial charge in [-0.15, -0.1) is 0 Å². The predicted octanol–water partition coefficient (Wildman–Crippen LogP) is 4.78. The van der Waals surface area contributed by atoms with Crippen LogP contribution in [0.5, 0.6) is 5.75 Å². The molecule has 1 aromatic heterocycles. The number of carbonyl (C=O) groups excluding carboxylic acids is 1. The number of nitrogens with zero attached hydrogens (tertiary/aromatic N) is 1. The van der Waals surface area contributed by atoms with E-state index in [1.54, 1.807) is 18.3 Å². The van der Waals surface area contributed by atoms with E-state index in [9.17, 15) is 22.4 Å². The van der Waals surface area contributed by atoms with Gasteiger partial charge in [0.2, 0.25) is 11.7 Å². The molecule has 1 unspecified atom stereocenters. The van der Waals surface area contributed by atoms with Crippen LogP contribution in [0.25, 0.3) is 0 Å². The lowest BCUT2D eigenvalue weighted by atomic mass is 10.0. The maximum absolute atomic E-state index is 13.3. The Bertz CT molecular complexity index is 931. The number of benzene rings is 1. The van der Waals surface area contributed by atoms with Crippen molar-refractivity contribution in [2.45, 2.75) is 36.6 Å². The van der Waals surface area contributed by atoms with Crippen LogP contribution in [0.4, 0.5) is 23.2 Å². The van der Waals surface area contributed by atoms with E-state index >= 15 is 0 Å². The molecule has 1 heterocycles. The van der Waals surface area contributed by atoms with Crippen molar-refractivity contribution < 1.29 is 27.1 Å². The molecule has 2 aliphatic rings. The molecule has 3 N–H and O–H groups in total. The SMILES string of the molecule is COc1cccc(F)c1F.NSc1cc(NC(=O)C2CC[C@@]3(C2)CC3(F)F)ccn1. The van der Waals surface area contributed by atoms with Gasteiger partial charge >= 0.3 is 0 Å². The lowest BCUT2D eigenvalue weighted by Gasteiger charge is -2.12. The molecule has 30 heavy (non-hydrogen) atoms. The van der Waals surface area contributed by atoms with E-state index in [1.165, 1.54) is 19.2 Å². The Balaban J connectivity index is 0.000000216. The molecule has 1 spiro atoms. The van der Waals surface area contributed by atoms with Crippen molar-refractivity contribution in [3.63, 3.8) is 0 Å². The second-order valence-corrected chi connectivity index (χ2v) is 8.00. The van der Waals surface area contributed by atoms with Gasteiger partial charge in [0, 0.05) is 29.6 Å². The Labute approximate surface area is 175 Å². The first kappa shape index (κ1) is 22.4. The minimum Gasteiger partial charge on any atom is -0.494 e. The van der Waals surface area contributed by atoms with Crippen molar-refractivity contribution in [2.75, 3.05) is 12.4 Å². The van der Waals surface area contributed by atoms with E-state index in [0.717, 1.165) is 18.0 Å². The molecule has 0 saturated heterocycles. The number of methoxy groups -OCH3 is 1.